The third kappa shape index (κ3) is 3.33. The van der Waals surface area contributed by atoms with Crippen molar-refractivity contribution >= 4 is 34.0 Å². The van der Waals surface area contributed by atoms with Crippen LogP contribution in [0.5, 0.6) is 0 Å². The van der Waals surface area contributed by atoms with Gasteiger partial charge in [0, 0.05) is 4.88 Å². The van der Waals surface area contributed by atoms with E-state index in [-0.39, 0.29) is 5.75 Å². The second-order valence-corrected chi connectivity index (χ2v) is 4.83. The zero-order valence-corrected chi connectivity index (χ0v) is 8.01. The predicted molar refractivity (Wildman–Crippen MR) is 48.7 cm³/mol. The lowest BCUT2D eigenvalue weighted by Gasteiger charge is -1.90. The van der Waals surface area contributed by atoms with Crippen LogP contribution in [-0.2, 0) is 17.5 Å². The second kappa shape index (κ2) is 4.21. The van der Waals surface area contributed by atoms with Gasteiger partial charge < -0.3 is 4.55 Å². The number of thiophene rings is 1. The smallest absolute Gasteiger partial charge is 0.153 e. The number of rotatable bonds is 3. The van der Waals surface area contributed by atoms with E-state index in [9.17, 15) is 4.21 Å². The SMILES string of the molecule is O=S(O)CCc1ccc(Cl)s1. The molecule has 0 aromatic carbocycles. The van der Waals surface area contributed by atoms with Gasteiger partial charge in [-0.25, -0.2) is 4.21 Å². The maximum atomic E-state index is 10.3. The van der Waals surface area contributed by atoms with Crippen molar-refractivity contribution in [1.29, 1.82) is 0 Å². The van der Waals surface area contributed by atoms with E-state index in [0.717, 1.165) is 9.21 Å². The summed E-state index contributed by atoms with van der Waals surface area (Å²) in [5, 5.41) is 0. The molecule has 0 saturated carbocycles. The summed E-state index contributed by atoms with van der Waals surface area (Å²) < 4.78 is 19.5. The van der Waals surface area contributed by atoms with Gasteiger partial charge in [-0.2, -0.15) is 0 Å². The van der Waals surface area contributed by atoms with Crippen LogP contribution >= 0.6 is 22.9 Å². The molecule has 2 nitrogen and oxygen atoms in total. The van der Waals surface area contributed by atoms with Crippen LogP contribution < -0.4 is 0 Å². The van der Waals surface area contributed by atoms with Crippen molar-refractivity contribution in [2.45, 2.75) is 6.42 Å². The molecule has 1 rings (SSSR count). The fourth-order valence-corrected chi connectivity index (χ4v) is 2.28. The molecule has 1 aromatic heterocycles. The van der Waals surface area contributed by atoms with Gasteiger partial charge in [-0.05, 0) is 18.6 Å². The normalized spacial score (nSPS) is 13.3. The predicted octanol–water partition coefficient (Wildman–Crippen LogP) is 2.17. The minimum Gasteiger partial charge on any atom is -0.306 e. The van der Waals surface area contributed by atoms with Crippen LogP contribution in [0.1, 0.15) is 4.88 Å². The monoisotopic (exact) mass is 210 g/mol. The third-order valence-electron chi connectivity index (χ3n) is 1.15. The highest BCUT2D eigenvalue weighted by atomic mass is 35.5. The average molecular weight is 211 g/mol. The zero-order valence-electron chi connectivity index (χ0n) is 5.62. The van der Waals surface area contributed by atoms with Crippen molar-refractivity contribution in [3.8, 4) is 0 Å². The molecule has 1 aromatic rings. The van der Waals surface area contributed by atoms with Crippen LogP contribution in [-0.4, -0.2) is 14.5 Å². The molecule has 0 fully saturated rings. The molecule has 62 valence electrons. The van der Waals surface area contributed by atoms with Gasteiger partial charge in [0.25, 0.3) is 0 Å². The molecule has 11 heavy (non-hydrogen) atoms. The maximum Gasteiger partial charge on any atom is 0.153 e. The van der Waals surface area contributed by atoms with Gasteiger partial charge in [0.15, 0.2) is 11.1 Å². The fourth-order valence-electron chi connectivity index (χ4n) is 0.674. The summed E-state index contributed by atoms with van der Waals surface area (Å²) in [5.74, 6) is 0.289. The van der Waals surface area contributed by atoms with E-state index in [1.54, 1.807) is 6.07 Å². The minimum atomic E-state index is -1.69. The quantitative estimate of drug-likeness (QED) is 0.777. The Morgan fingerprint density at radius 1 is 1.64 bits per heavy atom. The zero-order chi connectivity index (χ0) is 8.27. The molecule has 1 N–H and O–H groups in total. The Morgan fingerprint density at radius 3 is 2.82 bits per heavy atom. The van der Waals surface area contributed by atoms with Gasteiger partial charge in [0.2, 0.25) is 0 Å². The summed E-state index contributed by atoms with van der Waals surface area (Å²) in [6, 6.07) is 3.67. The average Bonchev–Trinajstić information content (AvgIpc) is 2.31. The largest absolute Gasteiger partial charge is 0.306 e. The molecule has 5 heteroatoms. The van der Waals surface area contributed by atoms with Crippen LogP contribution in [0.4, 0.5) is 0 Å². The van der Waals surface area contributed by atoms with E-state index < -0.39 is 11.1 Å². The molecule has 0 bridgehead atoms. The molecule has 0 aliphatic heterocycles. The molecule has 1 atom stereocenters. The van der Waals surface area contributed by atoms with Gasteiger partial charge in [0.05, 0.1) is 10.1 Å². The lowest BCUT2D eigenvalue weighted by atomic mass is 10.4. The van der Waals surface area contributed by atoms with Crippen LogP contribution in [0.15, 0.2) is 12.1 Å². The summed E-state index contributed by atoms with van der Waals surface area (Å²) in [6.07, 6.45) is 0.625. The van der Waals surface area contributed by atoms with Crippen molar-refractivity contribution in [3.63, 3.8) is 0 Å². The Hall–Kier alpha value is 0.1000. The first kappa shape index (κ1) is 9.19. The number of hydrogen-bond donors (Lipinski definition) is 1. The van der Waals surface area contributed by atoms with Crippen LogP contribution in [0.25, 0.3) is 0 Å². The van der Waals surface area contributed by atoms with Crippen molar-refractivity contribution in [2.24, 2.45) is 0 Å². The topological polar surface area (TPSA) is 37.3 Å². The number of halogens is 1. The Morgan fingerprint density at radius 2 is 2.36 bits per heavy atom. The third-order valence-corrected chi connectivity index (χ3v) is 3.00. The van der Waals surface area contributed by atoms with Crippen LogP contribution in [0, 0.1) is 0 Å². The molecule has 0 radical (unpaired) electrons. The first-order chi connectivity index (χ1) is 5.18. The summed E-state index contributed by atoms with van der Waals surface area (Å²) in [4.78, 5) is 1.05. The van der Waals surface area contributed by atoms with Crippen molar-refractivity contribution in [2.75, 3.05) is 5.75 Å². The van der Waals surface area contributed by atoms with Crippen molar-refractivity contribution < 1.29 is 8.76 Å². The Bertz CT molecular complexity index is 259. The van der Waals surface area contributed by atoms with Crippen LogP contribution in [0.2, 0.25) is 4.34 Å². The molecule has 1 heterocycles. The summed E-state index contributed by atoms with van der Waals surface area (Å²) in [6.45, 7) is 0. The number of hydrogen-bond acceptors (Lipinski definition) is 2. The van der Waals surface area contributed by atoms with Crippen molar-refractivity contribution in [1.82, 2.24) is 0 Å². The summed E-state index contributed by atoms with van der Waals surface area (Å²) >= 11 is 5.41. The molecular weight excluding hydrogens is 204 g/mol. The highest BCUT2D eigenvalue weighted by Crippen LogP contribution is 2.21. The molecule has 0 aliphatic rings. The Balaban J connectivity index is 2.45. The van der Waals surface area contributed by atoms with Gasteiger partial charge in [-0.15, -0.1) is 11.3 Å². The van der Waals surface area contributed by atoms with Crippen LogP contribution in [0.3, 0.4) is 0 Å². The maximum absolute atomic E-state index is 10.3. The van der Waals surface area contributed by atoms with Gasteiger partial charge in [-0.3, -0.25) is 0 Å². The molecule has 0 spiro atoms. The van der Waals surface area contributed by atoms with Gasteiger partial charge in [0.1, 0.15) is 0 Å². The highest BCUT2D eigenvalue weighted by Gasteiger charge is 1.99. The summed E-state index contributed by atoms with van der Waals surface area (Å²) in [7, 11) is 0. The summed E-state index contributed by atoms with van der Waals surface area (Å²) in [5.41, 5.74) is 0. The van der Waals surface area contributed by atoms with E-state index >= 15 is 0 Å². The number of aryl methyl sites for hydroxylation is 1. The minimum absolute atomic E-state index is 0.289. The second-order valence-electron chi connectivity index (χ2n) is 1.98. The molecule has 0 amide bonds. The molecule has 0 aliphatic carbocycles. The Kier molecular flexibility index (Phi) is 3.51. The van der Waals surface area contributed by atoms with E-state index in [2.05, 4.69) is 0 Å². The highest BCUT2D eigenvalue weighted by molar-refractivity contribution is 7.79. The first-order valence-electron chi connectivity index (χ1n) is 3.00. The van der Waals surface area contributed by atoms with E-state index in [1.165, 1.54) is 11.3 Å². The molecular formula is C6H7ClO2S2. The van der Waals surface area contributed by atoms with Gasteiger partial charge in [-0.1, -0.05) is 11.6 Å². The van der Waals surface area contributed by atoms with E-state index in [0.29, 0.717) is 6.42 Å². The first-order valence-corrected chi connectivity index (χ1v) is 5.47. The Labute approximate surface area is 76.5 Å². The lowest BCUT2D eigenvalue weighted by Crippen LogP contribution is -1.96. The van der Waals surface area contributed by atoms with E-state index in [4.69, 9.17) is 16.2 Å². The molecule has 1 unspecified atom stereocenters. The fraction of sp³-hybridized carbons (Fsp3) is 0.333. The van der Waals surface area contributed by atoms with E-state index in [1.807, 2.05) is 6.07 Å². The van der Waals surface area contributed by atoms with Gasteiger partial charge >= 0.3 is 0 Å². The molecule has 0 saturated heterocycles. The lowest BCUT2D eigenvalue weighted by molar-refractivity contribution is 0.564. The van der Waals surface area contributed by atoms with Crippen molar-refractivity contribution in [3.05, 3.63) is 21.3 Å². The standard InChI is InChI=1S/C6H7ClO2S2/c7-6-2-1-5(10-6)3-4-11(8)9/h1-2H,3-4H2,(H,8,9).